The van der Waals surface area contributed by atoms with Crippen molar-refractivity contribution in [2.24, 2.45) is 5.41 Å². The molecule has 0 spiro atoms. The largest absolute Gasteiger partial charge is 0.493 e. The molecule has 1 unspecified atom stereocenters. The summed E-state index contributed by atoms with van der Waals surface area (Å²) in [7, 11) is 2.70. The van der Waals surface area contributed by atoms with E-state index in [-0.39, 0.29) is 77.5 Å². The summed E-state index contributed by atoms with van der Waals surface area (Å²) in [6.45, 7) is 2.82. The van der Waals surface area contributed by atoms with E-state index >= 15 is 8.78 Å². The maximum absolute atomic E-state index is 15.5. The Balaban J connectivity index is 1.44. The van der Waals surface area contributed by atoms with Gasteiger partial charge in [-0.1, -0.05) is 0 Å². The topological polar surface area (TPSA) is 149 Å². The van der Waals surface area contributed by atoms with Crippen LogP contribution in [0.5, 0.6) is 23.0 Å². The van der Waals surface area contributed by atoms with Crippen molar-refractivity contribution in [1.29, 1.82) is 0 Å². The van der Waals surface area contributed by atoms with E-state index in [1.807, 2.05) is 0 Å². The van der Waals surface area contributed by atoms with Gasteiger partial charge in [0.25, 0.3) is 0 Å². The monoisotopic (exact) mass is 666 g/mol. The number of aliphatic carboxylic acids is 2. The van der Waals surface area contributed by atoms with Crippen LogP contribution in [0.4, 0.5) is 8.78 Å². The Kier molecular flexibility index (Phi) is 10.5. The molecule has 4 aromatic rings. The van der Waals surface area contributed by atoms with E-state index in [0.717, 1.165) is 22.7 Å². The van der Waals surface area contributed by atoms with Gasteiger partial charge in [-0.25, -0.2) is 8.78 Å². The van der Waals surface area contributed by atoms with E-state index in [1.165, 1.54) is 46.3 Å². The van der Waals surface area contributed by atoms with E-state index in [1.54, 1.807) is 6.07 Å². The summed E-state index contributed by atoms with van der Waals surface area (Å²) in [6.07, 6.45) is -1.35. The van der Waals surface area contributed by atoms with Crippen molar-refractivity contribution in [3.63, 3.8) is 0 Å². The van der Waals surface area contributed by atoms with Crippen LogP contribution in [0.2, 0.25) is 0 Å². The SMILES string of the molecule is COc1cc2sc(C(=O)CC(C)(C)C(=O)O)cc2c(F)c1OCCCOc1c(OC)cc2sc(C(O)CCC(=O)O)cc2c1F. The van der Waals surface area contributed by atoms with Crippen LogP contribution >= 0.6 is 22.7 Å². The third kappa shape index (κ3) is 7.45. The van der Waals surface area contributed by atoms with Crippen LogP contribution in [-0.4, -0.2) is 60.5 Å². The fourth-order valence-electron chi connectivity index (χ4n) is 4.47. The summed E-state index contributed by atoms with van der Waals surface area (Å²) >= 11 is 2.15. The Labute approximate surface area is 264 Å². The highest BCUT2D eigenvalue weighted by Crippen LogP contribution is 2.43. The molecule has 3 N–H and O–H groups in total. The number of carbonyl (C=O) groups is 3. The van der Waals surface area contributed by atoms with E-state index in [2.05, 4.69) is 0 Å². The summed E-state index contributed by atoms with van der Waals surface area (Å²) in [5.74, 6) is -4.12. The summed E-state index contributed by atoms with van der Waals surface area (Å²) in [6, 6.07) is 5.94. The van der Waals surface area contributed by atoms with Crippen molar-refractivity contribution >= 4 is 60.6 Å². The Morgan fingerprint density at radius 3 is 1.91 bits per heavy atom. The average molecular weight is 667 g/mol. The number of methoxy groups -OCH3 is 2. The number of ether oxygens (including phenoxy) is 4. The van der Waals surface area contributed by atoms with Gasteiger partial charge in [-0.05, 0) is 32.4 Å². The van der Waals surface area contributed by atoms with E-state index < -0.39 is 40.9 Å². The predicted octanol–water partition coefficient (Wildman–Crippen LogP) is 6.84. The Morgan fingerprint density at radius 1 is 0.867 bits per heavy atom. The van der Waals surface area contributed by atoms with Crippen molar-refractivity contribution < 1.29 is 57.4 Å². The molecule has 0 saturated heterocycles. The smallest absolute Gasteiger partial charge is 0.309 e. The lowest BCUT2D eigenvalue weighted by Crippen LogP contribution is -2.26. The first-order chi connectivity index (χ1) is 21.3. The number of thiophene rings is 2. The van der Waals surface area contributed by atoms with Gasteiger partial charge in [0.1, 0.15) is 0 Å². The highest BCUT2D eigenvalue weighted by Gasteiger charge is 2.31. The molecule has 4 rings (SSSR count). The minimum atomic E-state index is -1.28. The van der Waals surface area contributed by atoms with Crippen LogP contribution in [0.1, 0.15) is 60.2 Å². The zero-order valence-corrected chi connectivity index (χ0v) is 26.5. The second kappa shape index (κ2) is 14.0. The Hall–Kier alpha value is -4.01. The molecule has 0 fully saturated rings. The molecule has 0 aliphatic carbocycles. The summed E-state index contributed by atoms with van der Waals surface area (Å²) < 4.78 is 53.9. The molecule has 0 aliphatic heterocycles. The average Bonchev–Trinajstić information content (AvgIpc) is 3.62. The molecule has 2 aromatic carbocycles. The first-order valence-corrected chi connectivity index (χ1v) is 15.4. The summed E-state index contributed by atoms with van der Waals surface area (Å²) in [5.41, 5.74) is -1.28. The second-order valence-electron chi connectivity index (χ2n) is 10.8. The van der Waals surface area contributed by atoms with Gasteiger partial charge in [0.15, 0.2) is 40.4 Å². The Bertz CT molecular complexity index is 1740. The normalized spacial score (nSPS) is 12.3. The molecule has 10 nitrogen and oxygen atoms in total. The summed E-state index contributed by atoms with van der Waals surface area (Å²) in [4.78, 5) is 35.6. The molecule has 0 aliphatic rings. The van der Waals surface area contributed by atoms with Gasteiger partial charge in [-0.3, -0.25) is 14.4 Å². The third-order valence-electron chi connectivity index (χ3n) is 7.02. The van der Waals surface area contributed by atoms with E-state index in [4.69, 9.17) is 24.1 Å². The molecular weight excluding hydrogens is 634 g/mol. The van der Waals surface area contributed by atoms with Gasteiger partial charge in [-0.15, -0.1) is 22.7 Å². The number of carbonyl (C=O) groups excluding carboxylic acids is 1. The van der Waals surface area contributed by atoms with Crippen molar-refractivity contribution in [1.82, 2.24) is 0 Å². The lowest BCUT2D eigenvalue weighted by atomic mass is 9.87. The zero-order valence-electron chi connectivity index (χ0n) is 24.9. The number of aliphatic hydroxyl groups is 1. The number of fused-ring (bicyclic) bond motifs is 2. The van der Waals surface area contributed by atoms with Crippen molar-refractivity contribution in [2.75, 3.05) is 27.4 Å². The lowest BCUT2D eigenvalue weighted by Gasteiger charge is -2.16. The molecule has 0 bridgehead atoms. The molecule has 0 radical (unpaired) electrons. The highest BCUT2D eigenvalue weighted by molar-refractivity contribution is 7.21. The van der Waals surface area contributed by atoms with Gasteiger partial charge in [0.05, 0.1) is 43.8 Å². The molecule has 45 heavy (non-hydrogen) atoms. The highest BCUT2D eigenvalue weighted by atomic mass is 32.1. The number of carboxylic acids is 2. The quantitative estimate of drug-likeness (QED) is 0.0857. The van der Waals surface area contributed by atoms with Gasteiger partial charge >= 0.3 is 11.9 Å². The minimum absolute atomic E-state index is 0.0145. The number of benzene rings is 2. The van der Waals surface area contributed by atoms with Gasteiger partial charge in [-0.2, -0.15) is 0 Å². The number of hydrogen-bond acceptors (Lipinski definition) is 10. The maximum Gasteiger partial charge on any atom is 0.309 e. The van der Waals surface area contributed by atoms with Crippen LogP contribution in [0, 0.1) is 17.0 Å². The van der Waals surface area contributed by atoms with Gasteiger partial charge in [0, 0.05) is 56.4 Å². The molecule has 0 amide bonds. The van der Waals surface area contributed by atoms with Crippen LogP contribution in [0.25, 0.3) is 20.2 Å². The molecular formula is C31H32F2O10S2. The number of rotatable bonds is 16. The van der Waals surface area contributed by atoms with Crippen LogP contribution in [-0.2, 0) is 9.59 Å². The van der Waals surface area contributed by atoms with Gasteiger partial charge in [0.2, 0.25) is 0 Å². The van der Waals surface area contributed by atoms with Crippen molar-refractivity contribution in [2.45, 2.75) is 45.6 Å². The fourth-order valence-corrected chi connectivity index (χ4v) is 6.60. The number of carboxylic acid groups (broad SMARTS) is 2. The van der Waals surface area contributed by atoms with E-state index in [9.17, 15) is 24.6 Å². The molecule has 1 atom stereocenters. The van der Waals surface area contributed by atoms with Crippen molar-refractivity contribution in [3.8, 4) is 23.0 Å². The molecule has 2 heterocycles. The lowest BCUT2D eigenvalue weighted by molar-refractivity contribution is -0.146. The van der Waals surface area contributed by atoms with Gasteiger partial charge < -0.3 is 34.3 Å². The second-order valence-corrected chi connectivity index (χ2v) is 13.0. The minimum Gasteiger partial charge on any atom is -0.493 e. The molecule has 242 valence electrons. The third-order valence-corrected chi connectivity index (χ3v) is 9.33. The zero-order chi connectivity index (χ0) is 33.1. The predicted molar refractivity (Wildman–Crippen MR) is 164 cm³/mol. The Morgan fingerprint density at radius 2 is 1.40 bits per heavy atom. The number of hydrogen-bond donors (Lipinski definition) is 3. The number of ketones is 1. The number of Topliss-reactive ketones (excluding diaryl/α,β-unsaturated/α-hetero) is 1. The van der Waals surface area contributed by atoms with Crippen molar-refractivity contribution in [3.05, 3.63) is 45.7 Å². The number of halogens is 2. The molecule has 14 heteroatoms. The molecule has 0 saturated carbocycles. The standard InChI is InChI=1S/C31H32F2O10S2/c1-31(2,30(38)39)14-18(35)24-11-16-22(45-24)13-20(41-4)29(27(16)33)43-9-5-8-42-28-19(40-3)12-21-15(26(28)32)10-23(44-21)17(34)6-7-25(36)37/h10-13,17,34H,5-9,14H2,1-4H3,(H,36,37)(H,38,39). The van der Waals surface area contributed by atoms with E-state index in [0.29, 0.717) is 14.3 Å². The fraction of sp³-hybridized carbons (Fsp3) is 0.387. The maximum atomic E-state index is 15.5. The first kappa shape index (κ1) is 33.9. The first-order valence-electron chi connectivity index (χ1n) is 13.8. The van der Waals surface area contributed by atoms with Crippen LogP contribution in [0.15, 0.2) is 24.3 Å². The van der Waals surface area contributed by atoms with Crippen LogP contribution < -0.4 is 18.9 Å². The van der Waals surface area contributed by atoms with Crippen LogP contribution in [0.3, 0.4) is 0 Å². The number of aliphatic hydroxyl groups excluding tert-OH is 1. The molecule has 2 aromatic heterocycles. The summed E-state index contributed by atoms with van der Waals surface area (Å²) in [5, 5.41) is 28.9.